The van der Waals surface area contributed by atoms with Crippen molar-refractivity contribution in [1.82, 2.24) is 18.7 Å². The van der Waals surface area contributed by atoms with Gasteiger partial charge in [0, 0.05) is 44.0 Å². The molecule has 1 aliphatic heterocycles. The number of aryl methyl sites for hydroxylation is 1. The van der Waals surface area contributed by atoms with Gasteiger partial charge in [-0.1, -0.05) is 24.3 Å². The van der Waals surface area contributed by atoms with E-state index in [9.17, 15) is 19.2 Å². The van der Waals surface area contributed by atoms with E-state index in [0.29, 0.717) is 24.7 Å². The highest BCUT2D eigenvalue weighted by Gasteiger charge is 2.26. The Bertz CT molecular complexity index is 1520. The standard InChI is InChI=1S/C27H35N7O5/c1-4-6-14-33-23-24(30-26(33)32-13-9-10-18(28)16-32)31(3)27(38)34(25(23)37)17-21(35)19-11-7-8-12-20(19)29-15-22(36)39-5-2/h4,6-8,11-12,18,29H,5,9-10,13-17,28H2,1-3H3/t18-/m1/s1. The van der Waals surface area contributed by atoms with Gasteiger partial charge in [-0.05, 0) is 38.8 Å². The summed E-state index contributed by atoms with van der Waals surface area (Å²) in [6.45, 7) is 4.94. The van der Waals surface area contributed by atoms with Crippen LogP contribution in [-0.2, 0) is 29.7 Å². The van der Waals surface area contributed by atoms with Crippen molar-refractivity contribution in [2.24, 2.45) is 12.8 Å². The van der Waals surface area contributed by atoms with Crippen molar-refractivity contribution < 1.29 is 14.3 Å². The third-order valence-electron chi connectivity index (χ3n) is 6.73. The molecule has 12 nitrogen and oxygen atoms in total. The van der Waals surface area contributed by atoms with Crippen molar-refractivity contribution in [2.75, 3.05) is 36.5 Å². The van der Waals surface area contributed by atoms with Crippen molar-refractivity contribution >= 4 is 34.6 Å². The fourth-order valence-electron chi connectivity index (χ4n) is 4.80. The van der Waals surface area contributed by atoms with Crippen LogP contribution in [-0.4, -0.2) is 62.7 Å². The smallest absolute Gasteiger partial charge is 0.332 e. The molecule has 1 fully saturated rings. The topological polar surface area (TPSA) is 146 Å². The summed E-state index contributed by atoms with van der Waals surface area (Å²) in [6, 6.07) is 6.62. The summed E-state index contributed by atoms with van der Waals surface area (Å²) in [5, 5.41) is 2.91. The number of ether oxygens (including phenoxy) is 1. The molecule has 1 saturated heterocycles. The SMILES string of the molecule is CC=CCn1c(N2CCC[C@@H](N)C2)nc2c1c(=O)n(CC(=O)c1ccccc1NCC(=O)OCC)c(=O)n2C. The molecule has 0 amide bonds. The quantitative estimate of drug-likeness (QED) is 0.222. The van der Waals surface area contributed by atoms with Crippen LogP contribution in [0, 0.1) is 0 Å². The van der Waals surface area contributed by atoms with Gasteiger partial charge in [0.2, 0.25) is 5.95 Å². The number of nitrogens with two attached hydrogens (primary N) is 1. The van der Waals surface area contributed by atoms with Gasteiger partial charge < -0.3 is 25.3 Å². The second kappa shape index (κ2) is 12.1. The molecule has 3 heterocycles. The van der Waals surface area contributed by atoms with Crippen LogP contribution >= 0.6 is 0 Å². The van der Waals surface area contributed by atoms with E-state index >= 15 is 0 Å². The van der Waals surface area contributed by atoms with Gasteiger partial charge in [0.1, 0.15) is 6.54 Å². The molecule has 0 spiro atoms. The maximum absolute atomic E-state index is 13.8. The monoisotopic (exact) mass is 537 g/mol. The normalized spacial score (nSPS) is 15.7. The Labute approximate surface area is 225 Å². The maximum Gasteiger partial charge on any atom is 0.332 e. The molecule has 3 aromatic rings. The van der Waals surface area contributed by atoms with E-state index in [0.717, 1.165) is 24.0 Å². The fraction of sp³-hybridized carbons (Fsp3) is 0.444. The van der Waals surface area contributed by atoms with E-state index in [1.54, 1.807) is 42.8 Å². The van der Waals surface area contributed by atoms with Gasteiger partial charge in [-0.15, -0.1) is 0 Å². The number of nitrogens with one attached hydrogen (secondary N) is 1. The molecule has 208 valence electrons. The average Bonchev–Trinajstić information content (AvgIpc) is 3.32. The van der Waals surface area contributed by atoms with Gasteiger partial charge in [0.15, 0.2) is 16.9 Å². The van der Waals surface area contributed by atoms with E-state index in [1.165, 1.54) is 4.57 Å². The predicted molar refractivity (Wildman–Crippen MR) is 149 cm³/mol. The zero-order valence-corrected chi connectivity index (χ0v) is 22.6. The van der Waals surface area contributed by atoms with E-state index < -0.39 is 29.5 Å². The molecule has 39 heavy (non-hydrogen) atoms. The average molecular weight is 538 g/mol. The number of esters is 1. The molecule has 0 radical (unpaired) electrons. The Kier molecular flexibility index (Phi) is 8.65. The second-order valence-corrected chi connectivity index (χ2v) is 9.47. The number of hydrogen-bond acceptors (Lipinski definition) is 9. The number of carbonyl (C=O) groups is 2. The number of allylic oxidation sites excluding steroid dienone is 2. The van der Waals surface area contributed by atoms with Gasteiger partial charge in [0.25, 0.3) is 5.56 Å². The van der Waals surface area contributed by atoms with Gasteiger partial charge >= 0.3 is 11.7 Å². The first-order chi connectivity index (χ1) is 18.8. The third-order valence-corrected chi connectivity index (χ3v) is 6.73. The van der Waals surface area contributed by atoms with Crippen molar-refractivity contribution in [3.63, 3.8) is 0 Å². The molecule has 1 aromatic carbocycles. The predicted octanol–water partition coefficient (Wildman–Crippen LogP) is 1.26. The Hall–Kier alpha value is -4.19. The molecular weight excluding hydrogens is 502 g/mol. The zero-order chi connectivity index (χ0) is 28.1. The zero-order valence-electron chi connectivity index (χ0n) is 22.6. The van der Waals surface area contributed by atoms with Crippen molar-refractivity contribution in [3.05, 3.63) is 62.8 Å². The summed E-state index contributed by atoms with van der Waals surface area (Å²) < 4.78 is 8.96. The molecule has 0 bridgehead atoms. The molecule has 2 aromatic heterocycles. The van der Waals surface area contributed by atoms with Crippen LogP contribution < -0.4 is 27.2 Å². The summed E-state index contributed by atoms with van der Waals surface area (Å²) in [5.41, 5.74) is 6.12. The summed E-state index contributed by atoms with van der Waals surface area (Å²) in [7, 11) is 1.54. The molecule has 1 aliphatic rings. The fourth-order valence-corrected chi connectivity index (χ4v) is 4.80. The number of hydrogen-bond donors (Lipinski definition) is 2. The number of benzene rings is 1. The van der Waals surface area contributed by atoms with Gasteiger partial charge in [-0.2, -0.15) is 4.98 Å². The van der Waals surface area contributed by atoms with Crippen LogP contribution in [0.1, 0.15) is 37.0 Å². The number of anilines is 2. The first kappa shape index (κ1) is 27.8. The Morgan fingerprint density at radius 2 is 2.00 bits per heavy atom. The molecule has 0 unspecified atom stereocenters. The number of imidazole rings is 1. The summed E-state index contributed by atoms with van der Waals surface area (Å²) in [6.07, 6.45) is 5.59. The van der Waals surface area contributed by atoms with Crippen LogP contribution in [0.15, 0.2) is 46.0 Å². The highest BCUT2D eigenvalue weighted by Crippen LogP contribution is 2.23. The van der Waals surface area contributed by atoms with Crippen LogP contribution in [0.5, 0.6) is 0 Å². The van der Waals surface area contributed by atoms with E-state index in [1.807, 2.05) is 24.0 Å². The van der Waals surface area contributed by atoms with E-state index in [4.69, 9.17) is 15.5 Å². The lowest BCUT2D eigenvalue weighted by molar-refractivity contribution is -0.140. The van der Waals surface area contributed by atoms with Crippen LogP contribution in [0.3, 0.4) is 0 Å². The molecular formula is C27H35N7O5. The summed E-state index contributed by atoms with van der Waals surface area (Å²) >= 11 is 0. The first-order valence-corrected chi connectivity index (χ1v) is 13.1. The minimum Gasteiger partial charge on any atom is -0.465 e. The number of aromatic nitrogens is 4. The van der Waals surface area contributed by atoms with Crippen molar-refractivity contribution in [2.45, 2.75) is 45.8 Å². The number of ketones is 1. The minimum atomic E-state index is -0.643. The number of carbonyl (C=O) groups excluding carboxylic acids is 2. The number of para-hydroxylation sites is 1. The molecule has 3 N–H and O–H groups in total. The molecule has 4 rings (SSSR count). The van der Waals surface area contributed by atoms with Gasteiger partial charge in [-0.3, -0.25) is 23.5 Å². The molecule has 0 saturated carbocycles. The lowest BCUT2D eigenvalue weighted by atomic mass is 10.1. The van der Waals surface area contributed by atoms with Crippen molar-refractivity contribution in [1.29, 1.82) is 0 Å². The first-order valence-electron chi connectivity index (χ1n) is 13.1. The Morgan fingerprint density at radius 1 is 1.23 bits per heavy atom. The molecule has 12 heteroatoms. The lowest BCUT2D eigenvalue weighted by Gasteiger charge is -2.31. The summed E-state index contributed by atoms with van der Waals surface area (Å²) in [4.78, 5) is 59.0. The minimum absolute atomic E-state index is 0.00988. The number of piperidine rings is 1. The Balaban J connectivity index is 1.75. The highest BCUT2D eigenvalue weighted by atomic mass is 16.5. The number of nitrogens with zero attached hydrogens (tertiary/aromatic N) is 5. The largest absolute Gasteiger partial charge is 0.465 e. The van der Waals surface area contributed by atoms with Crippen molar-refractivity contribution in [3.8, 4) is 0 Å². The van der Waals surface area contributed by atoms with Gasteiger partial charge in [0.05, 0.1) is 13.2 Å². The van der Waals surface area contributed by atoms with Gasteiger partial charge in [-0.25, -0.2) is 4.79 Å². The highest BCUT2D eigenvalue weighted by molar-refractivity contribution is 6.01. The third kappa shape index (κ3) is 5.80. The van der Waals surface area contributed by atoms with E-state index in [2.05, 4.69) is 5.32 Å². The maximum atomic E-state index is 13.8. The van der Waals surface area contributed by atoms with Crippen LogP contribution in [0.25, 0.3) is 11.2 Å². The van der Waals surface area contributed by atoms with Crippen LogP contribution in [0.4, 0.5) is 11.6 Å². The molecule has 0 aliphatic carbocycles. The van der Waals surface area contributed by atoms with Crippen LogP contribution in [0.2, 0.25) is 0 Å². The number of fused-ring (bicyclic) bond motifs is 1. The number of rotatable bonds is 10. The number of Topliss-reactive ketones (excluding diaryl/α,β-unsaturated/α-hetero) is 1. The Morgan fingerprint density at radius 3 is 2.72 bits per heavy atom. The summed E-state index contributed by atoms with van der Waals surface area (Å²) in [5.74, 6) is -0.347. The van der Waals surface area contributed by atoms with E-state index in [-0.39, 0.29) is 35.9 Å². The second-order valence-electron chi connectivity index (χ2n) is 9.47. The lowest BCUT2D eigenvalue weighted by Crippen LogP contribution is -2.44. The molecule has 1 atom stereocenters.